The Morgan fingerprint density at radius 3 is 2.68 bits per heavy atom. The second kappa shape index (κ2) is 8.84. The molecule has 5 heteroatoms. The fraction of sp³-hybridized carbons (Fsp3) is 0.435. The lowest BCUT2D eigenvalue weighted by Gasteiger charge is -2.38. The van der Waals surface area contributed by atoms with Gasteiger partial charge in [-0.2, -0.15) is 0 Å². The number of aliphatic hydroxyl groups is 1. The van der Waals surface area contributed by atoms with Gasteiger partial charge < -0.3 is 15.3 Å². The normalized spacial score (nSPS) is 19.9. The van der Waals surface area contributed by atoms with E-state index >= 15 is 0 Å². The third-order valence-electron chi connectivity index (χ3n) is 5.48. The number of halogens is 1. The van der Waals surface area contributed by atoms with Crippen molar-refractivity contribution in [2.24, 2.45) is 0 Å². The Morgan fingerprint density at radius 2 is 1.93 bits per heavy atom. The highest BCUT2D eigenvalue weighted by Gasteiger charge is 2.41. The van der Waals surface area contributed by atoms with Gasteiger partial charge in [0.25, 0.3) is 5.91 Å². The largest absolute Gasteiger partial charge is 0.379 e. The minimum atomic E-state index is -1.38. The van der Waals surface area contributed by atoms with E-state index in [2.05, 4.69) is 37.4 Å². The SMILES string of the molecule is Cc1ccc(C)c(CCNCC2(O)CCCN(Cc3ccc(F)cc3)C2=O)c1. The average molecular weight is 384 g/mol. The molecular formula is C23H29FN2O2. The topological polar surface area (TPSA) is 52.6 Å². The van der Waals surface area contributed by atoms with Crippen LogP contribution >= 0.6 is 0 Å². The van der Waals surface area contributed by atoms with Crippen molar-refractivity contribution in [1.82, 2.24) is 10.2 Å². The molecule has 1 amide bonds. The molecule has 2 aromatic carbocycles. The lowest BCUT2D eigenvalue weighted by molar-refractivity contribution is -0.157. The monoisotopic (exact) mass is 384 g/mol. The van der Waals surface area contributed by atoms with Gasteiger partial charge in [0.15, 0.2) is 5.60 Å². The van der Waals surface area contributed by atoms with Crippen molar-refractivity contribution in [3.8, 4) is 0 Å². The van der Waals surface area contributed by atoms with Crippen molar-refractivity contribution in [3.05, 3.63) is 70.5 Å². The van der Waals surface area contributed by atoms with Gasteiger partial charge in [-0.1, -0.05) is 35.9 Å². The molecule has 0 saturated carbocycles. The minimum Gasteiger partial charge on any atom is -0.379 e. The lowest BCUT2D eigenvalue weighted by atomic mass is 9.91. The molecule has 2 aromatic rings. The molecule has 3 rings (SSSR count). The number of hydrogen-bond acceptors (Lipinski definition) is 3. The maximum atomic E-state index is 13.1. The summed E-state index contributed by atoms with van der Waals surface area (Å²) in [6.07, 6.45) is 2.07. The molecule has 2 N–H and O–H groups in total. The first-order valence-corrected chi connectivity index (χ1v) is 9.90. The van der Waals surface area contributed by atoms with Gasteiger partial charge in [0.2, 0.25) is 0 Å². The van der Waals surface area contributed by atoms with E-state index in [1.165, 1.54) is 28.8 Å². The van der Waals surface area contributed by atoms with Crippen molar-refractivity contribution in [2.75, 3.05) is 19.6 Å². The van der Waals surface area contributed by atoms with Crippen molar-refractivity contribution in [3.63, 3.8) is 0 Å². The van der Waals surface area contributed by atoms with Crippen LogP contribution in [0.3, 0.4) is 0 Å². The molecule has 0 spiro atoms. The number of nitrogens with zero attached hydrogens (tertiary/aromatic N) is 1. The number of carbonyl (C=O) groups is 1. The number of nitrogens with one attached hydrogen (secondary N) is 1. The van der Waals surface area contributed by atoms with Gasteiger partial charge in [0, 0.05) is 19.6 Å². The Morgan fingerprint density at radius 1 is 1.18 bits per heavy atom. The third-order valence-corrected chi connectivity index (χ3v) is 5.48. The van der Waals surface area contributed by atoms with E-state index in [9.17, 15) is 14.3 Å². The summed E-state index contributed by atoms with van der Waals surface area (Å²) in [5.41, 5.74) is 3.26. The molecule has 0 aliphatic carbocycles. The van der Waals surface area contributed by atoms with Crippen LogP contribution in [0, 0.1) is 19.7 Å². The van der Waals surface area contributed by atoms with Gasteiger partial charge >= 0.3 is 0 Å². The van der Waals surface area contributed by atoms with E-state index in [0.29, 0.717) is 26.1 Å². The number of likely N-dealkylation sites (tertiary alicyclic amines) is 1. The average Bonchev–Trinajstić information content (AvgIpc) is 2.67. The molecule has 0 aromatic heterocycles. The zero-order chi connectivity index (χ0) is 20.1. The van der Waals surface area contributed by atoms with E-state index in [-0.39, 0.29) is 18.3 Å². The first-order valence-electron chi connectivity index (χ1n) is 9.90. The van der Waals surface area contributed by atoms with Crippen LogP contribution in [0.5, 0.6) is 0 Å². The molecular weight excluding hydrogens is 355 g/mol. The summed E-state index contributed by atoms with van der Waals surface area (Å²) >= 11 is 0. The lowest BCUT2D eigenvalue weighted by Crippen LogP contribution is -2.57. The summed E-state index contributed by atoms with van der Waals surface area (Å²) in [6, 6.07) is 12.6. The Kier molecular flexibility index (Phi) is 6.47. The molecule has 1 unspecified atom stereocenters. The van der Waals surface area contributed by atoms with Gasteiger partial charge in [-0.15, -0.1) is 0 Å². The maximum Gasteiger partial charge on any atom is 0.256 e. The van der Waals surface area contributed by atoms with Gasteiger partial charge in [0.1, 0.15) is 5.82 Å². The standard InChI is InChI=1S/C23H29FN2O2/c1-17-4-5-18(2)20(14-17)10-12-25-16-23(28)11-3-13-26(22(23)27)15-19-6-8-21(24)9-7-19/h4-9,14,25,28H,3,10-13,15-16H2,1-2H3. The Balaban J connectivity index is 1.54. The Hall–Kier alpha value is -2.24. The van der Waals surface area contributed by atoms with E-state index in [4.69, 9.17) is 0 Å². The van der Waals surface area contributed by atoms with Crippen LogP contribution in [0.25, 0.3) is 0 Å². The van der Waals surface area contributed by atoms with Crippen LogP contribution in [-0.4, -0.2) is 41.1 Å². The first-order chi connectivity index (χ1) is 13.4. The number of carbonyl (C=O) groups excluding carboxylic acids is 1. The maximum absolute atomic E-state index is 13.1. The number of aryl methyl sites for hydroxylation is 2. The predicted octanol–water partition coefficient (Wildman–Crippen LogP) is 3.13. The summed E-state index contributed by atoms with van der Waals surface area (Å²) in [5.74, 6) is -0.541. The van der Waals surface area contributed by atoms with Crippen molar-refractivity contribution >= 4 is 5.91 Å². The Bertz CT molecular complexity index is 822. The van der Waals surface area contributed by atoms with Crippen LogP contribution in [0.4, 0.5) is 4.39 Å². The van der Waals surface area contributed by atoms with Gasteiger partial charge in [-0.05, 0) is 68.5 Å². The fourth-order valence-corrected chi connectivity index (χ4v) is 3.78. The summed E-state index contributed by atoms with van der Waals surface area (Å²) in [7, 11) is 0. The summed E-state index contributed by atoms with van der Waals surface area (Å²) < 4.78 is 13.1. The van der Waals surface area contributed by atoms with Crippen LogP contribution < -0.4 is 5.32 Å². The molecule has 1 saturated heterocycles. The number of rotatable bonds is 7. The zero-order valence-corrected chi connectivity index (χ0v) is 16.7. The van der Waals surface area contributed by atoms with Gasteiger partial charge in [-0.3, -0.25) is 4.79 Å². The third kappa shape index (κ3) is 4.97. The fourth-order valence-electron chi connectivity index (χ4n) is 3.78. The molecule has 1 heterocycles. The van der Waals surface area contributed by atoms with Gasteiger partial charge in [-0.25, -0.2) is 4.39 Å². The van der Waals surface area contributed by atoms with Crippen molar-refractivity contribution in [2.45, 2.75) is 45.3 Å². The smallest absolute Gasteiger partial charge is 0.256 e. The first kappa shape index (κ1) is 20.5. The number of benzene rings is 2. The van der Waals surface area contributed by atoms with Crippen molar-refractivity contribution in [1.29, 1.82) is 0 Å². The van der Waals surface area contributed by atoms with Crippen LogP contribution in [0.2, 0.25) is 0 Å². The highest BCUT2D eigenvalue weighted by atomic mass is 19.1. The summed E-state index contributed by atoms with van der Waals surface area (Å²) in [6.45, 7) is 6.13. The highest BCUT2D eigenvalue weighted by Crippen LogP contribution is 2.24. The number of amides is 1. The van der Waals surface area contributed by atoms with E-state index in [1.54, 1.807) is 17.0 Å². The number of hydrogen-bond donors (Lipinski definition) is 2. The zero-order valence-electron chi connectivity index (χ0n) is 16.7. The summed E-state index contributed by atoms with van der Waals surface area (Å²) in [4.78, 5) is 14.5. The van der Waals surface area contributed by atoms with Gasteiger partial charge in [0.05, 0.1) is 0 Å². The molecule has 0 bridgehead atoms. The molecule has 1 aliphatic rings. The molecule has 150 valence electrons. The molecule has 4 nitrogen and oxygen atoms in total. The summed E-state index contributed by atoms with van der Waals surface area (Å²) in [5, 5.41) is 14.2. The van der Waals surface area contributed by atoms with E-state index < -0.39 is 5.60 Å². The van der Waals surface area contributed by atoms with E-state index in [0.717, 1.165) is 18.4 Å². The molecule has 1 atom stereocenters. The number of piperidine rings is 1. The molecule has 28 heavy (non-hydrogen) atoms. The van der Waals surface area contributed by atoms with Crippen molar-refractivity contribution < 1.29 is 14.3 Å². The highest BCUT2D eigenvalue weighted by molar-refractivity contribution is 5.86. The second-order valence-corrected chi connectivity index (χ2v) is 7.85. The Labute approximate surface area is 166 Å². The predicted molar refractivity (Wildman–Crippen MR) is 108 cm³/mol. The molecule has 1 aliphatic heterocycles. The molecule has 0 radical (unpaired) electrons. The van der Waals surface area contributed by atoms with Crippen LogP contribution in [0.15, 0.2) is 42.5 Å². The quantitative estimate of drug-likeness (QED) is 0.721. The van der Waals surface area contributed by atoms with Crippen LogP contribution in [-0.2, 0) is 17.8 Å². The minimum absolute atomic E-state index is 0.247. The van der Waals surface area contributed by atoms with E-state index in [1.807, 2.05) is 0 Å². The molecule has 1 fully saturated rings. The van der Waals surface area contributed by atoms with Crippen LogP contribution in [0.1, 0.15) is 35.1 Å². The second-order valence-electron chi connectivity index (χ2n) is 7.85.